The number of aromatic nitrogens is 4. The number of ether oxygens (including phenoxy) is 1. The number of nitrogens with zero attached hydrogens (tertiary/aromatic N) is 3. The van der Waals surface area contributed by atoms with Crippen LogP contribution in [0.15, 0.2) is 66.1 Å². The zero-order valence-electron chi connectivity index (χ0n) is 16.6. The van der Waals surface area contributed by atoms with Crippen LogP contribution in [0, 0.1) is 0 Å². The lowest BCUT2D eigenvalue weighted by Gasteiger charge is -2.24. The van der Waals surface area contributed by atoms with Crippen molar-refractivity contribution in [2.45, 2.75) is 25.6 Å². The maximum absolute atomic E-state index is 12.6. The van der Waals surface area contributed by atoms with Gasteiger partial charge in [-0.3, -0.25) is 14.3 Å². The molecule has 154 valence electrons. The van der Waals surface area contributed by atoms with Crippen molar-refractivity contribution in [1.82, 2.24) is 19.5 Å². The van der Waals surface area contributed by atoms with Crippen LogP contribution in [0.3, 0.4) is 0 Å². The van der Waals surface area contributed by atoms with Crippen LogP contribution < -0.4 is 10.3 Å². The normalized spacial score (nSPS) is 12.8. The van der Waals surface area contributed by atoms with Gasteiger partial charge in [0.15, 0.2) is 5.65 Å². The first-order valence-electron chi connectivity index (χ1n) is 9.47. The predicted octanol–water partition coefficient (Wildman–Crippen LogP) is 2.29. The van der Waals surface area contributed by atoms with E-state index >= 15 is 0 Å². The number of pyridine rings is 1. The quantitative estimate of drug-likeness (QED) is 0.453. The van der Waals surface area contributed by atoms with Gasteiger partial charge in [-0.25, -0.2) is 4.98 Å². The van der Waals surface area contributed by atoms with E-state index in [9.17, 15) is 15.0 Å². The van der Waals surface area contributed by atoms with Gasteiger partial charge >= 0.3 is 0 Å². The SMILES string of the molecule is CC(C)(O)C(O)COc1ccc(-c2cn(-c3cccnc3)c3nc[nH]c(=O)c23)cc1. The van der Waals surface area contributed by atoms with Gasteiger partial charge in [0.05, 0.1) is 29.2 Å². The molecule has 4 aromatic rings. The third-order valence-corrected chi connectivity index (χ3v) is 4.90. The van der Waals surface area contributed by atoms with Crippen molar-refractivity contribution in [3.63, 3.8) is 0 Å². The number of aromatic amines is 1. The summed E-state index contributed by atoms with van der Waals surface area (Å²) in [5, 5.41) is 20.2. The molecule has 0 saturated carbocycles. The molecule has 0 fully saturated rings. The van der Waals surface area contributed by atoms with Crippen molar-refractivity contribution in [3.8, 4) is 22.6 Å². The Morgan fingerprint density at radius 3 is 2.67 bits per heavy atom. The van der Waals surface area contributed by atoms with E-state index in [1.165, 1.54) is 20.2 Å². The molecule has 0 aliphatic heterocycles. The first-order valence-corrected chi connectivity index (χ1v) is 9.47. The van der Waals surface area contributed by atoms with Gasteiger partial charge in [-0.2, -0.15) is 0 Å². The number of aliphatic hydroxyl groups excluding tert-OH is 1. The molecule has 1 atom stereocenters. The molecule has 4 rings (SSSR count). The lowest BCUT2D eigenvalue weighted by atomic mass is 10.0. The molecule has 0 saturated heterocycles. The Hall–Kier alpha value is -3.49. The summed E-state index contributed by atoms with van der Waals surface area (Å²) in [4.78, 5) is 23.7. The van der Waals surface area contributed by atoms with Crippen molar-refractivity contribution in [1.29, 1.82) is 0 Å². The molecule has 0 radical (unpaired) electrons. The number of rotatable bonds is 6. The molecule has 0 amide bonds. The van der Waals surface area contributed by atoms with Crippen molar-refractivity contribution in [3.05, 3.63) is 71.7 Å². The molecule has 8 heteroatoms. The number of fused-ring (bicyclic) bond motifs is 1. The summed E-state index contributed by atoms with van der Waals surface area (Å²) in [5.74, 6) is 0.546. The number of hydrogen-bond donors (Lipinski definition) is 3. The van der Waals surface area contributed by atoms with E-state index in [4.69, 9.17) is 4.74 Å². The van der Waals surface area contributed by atoms with E-state index < -0.39 is 11.7 Å². The summed E-state index contributed by atoms with van der Waals surface area (Å²) in [5.41, 5.74) is 1.40. The maximum atomic E-state index is 12.6. The first-order chi connectivity index (χ1) is 14.3. The minimum absolute atomic E-state index is 0.0350. The Kier molecular flexibility index (Phi) is 5.11. The molecular weight excluding hydrogens is 384 g/mol. The molecule has 30 heavy (non-hydrogen) atoms. The Morgan fingerprint density at radius 1 is 1.23 bits per heavy atom. The second-order valence-corrected chi connectivity index (χ2v) is 7.56. The Bertz CT molecular complexity index is 1210. The van der Waals surface area contributed by atoms with Crippen LogP contribution >= 0.6 is 0 Å². The van der Waals surface area contributed by atoms with Crippen LogP contribution in [0.2, 0.25) is 0 Å². The van der Waals surface area contributed by atoms with Crippen LogP contribution in [0.1, 0.15) is 13.8 Å². The molecule has 0 aliphatic carbocycles. The molecular formula is C22H22N4O4. The summed E-state index contributed by atoms with van der Waals surface area (Å²) in [6.45, 7) is 3.01. The summed E-state index contributed by atoms with van der Waals surface area (Å²) in [6.07, 6.45) is 5.62. The third-order valence-electron chi connectivity index (χ3n) is 4.90. The highest BCUT2D eigenvalue weighted by atomic mass is 16.5. The summed E-state index contributed by atoms with van der Waals surface area (Å²) in [6, 6.07) is 10.9. The molecule has 8 nitrogen and oxygen atoms in total. The number of aliphatic hydroxyl groups is 2. The van der Waals surface area contributed by atoms with Gasteiger partial charge in [-0.1, -0.05) is 12.1 Å². The van der Waals surface area contributed by atoms with Crippen molar-refractivity contribution >= 4 is 11.0 Å². The van der Waals surface area contributed by atoms with Gasteiger partial charge in [-0.05, 0) is 43.7 Å². The molecule has 3 N–H and O–H groups in total. The van der Waals surface area contributed by atoms with Gasteiger partial charge in [0.2, 0.25) is 0 Å². The summed E-state index contributed by atoms with van der Waals surface area (Å²) >= 11 is 0. The Labute approximate surface area is 172 Å². The fraction of sp³-hybridized carbons (Fsp3) is 0.227. The minimum Gasteiger partial charge on any atom is -0.491 e. The van der Waals surface area contributed by atoms with E-state index in [1.807, 2.05) is 35.0 Å². The predicted molar refractivity (Wildman–Crippen MR) is 113 cm³/mol. The van der Waals surface area contributed by atoms with Crippen molar-refractivity contribution in [2.24, 2.45) is 0 Å². The van der Waals surface area contributed by atoms with E-state index in [0.717, 1.165) is 16.8 Å². The lowest BCUT2D eigenvalue weighted by Crippen LogP contribution is -2.40. The summed E-state index contributed by atoms with van der Waals surface area (Å²) in [7, 11) is 0. The number of nitrogens with one attached hydrogen (secondary N) is 1. The van der Waals surface area contributed by atoms with Crippen LogP contribution in [-0.2, 0) is 0 Å². The molecule has 0 bridgehead atoms. The highest BCUT2D eigenvalue weighted by Gasteiger charge is 2.25. The third kappa shape index (κ3) is 3.83. The van der Waals surface area contributed by atoms with Crippen molar-refractivity contribution in [2.75, 3.05) is 6.61 Å². The van der Waals surface area contributed by atoms with Crippen LogP contribution in [0.4, 0.5) is 0 Å². The van der Waals surface area contributed by atoms with Crippen LogP contribution in [0.25, 0.3) is 27.8 Å². The van der Waals surface area contributed by atoms with E-state index in [-0.39, 0.29) is 12.2 Å². The second-order valence-electron chi connectivity index (χ2n) is 7.56. The molecule has 0 aliphatic rings. The maximum Gasteiger partial charge on any atom is 0.260 e. The molecule has 1 unspecified atom stereocenters. The van der Waals surface area contributed by atoms with E-state index in [1.54, 1.807) is 24.5 Å². The van der Waals surface area contributed by atoms with Crippen molar-refractivity contribution < 1.29 is 14.9 Å². The van der Waals surface area contributed by atoms with Gasteiger partial charge in [0.25, 0.3) is 5.56 Å². The molecule has 1 aromatic carbocycles. The zero-order valence-corrected chi connectivity index (χ0v) is 16.6. The number of hydrogen-bond acceptors (Lipinski definition) is 6. The zero-order chi connectivity index (χ0) is 21.3. The smallest absolute Gasteiger partial charge is 0.260 e. The first kappa shape index (κ1) is 19.8. The van der Waals surface area contributed by atoms with Crippen LogP contribution in [0.5, 0.6) is 5.75 Å². The topological polar surface area (TPSA) is 113 Å². The minimum atomic E-state index is -1.25. The average Bonchev–Trinajstić information content (AvgIpc) is 3.13. The van der Waals surface area contributed by atoms with E-state index in [0.29, 0.717) is 16.8 Å². The summed E-state index contributed by atoms with van der Waals surface area (Å²) < 4.78 is 7.40. The standard InChI is InChI=1S/C22H22N4O4/c1-22(2,29)18(27)12-30-16-7-5-14(6-8-16)17-11-26(15-4-3-9-23-10-15)20-19(17)21(28)25-13-24-20/h3-11,13,18,27,29H,12H2,1-2H3,(H,24,25,28). The highest BCUT2D eigenvalue weighted by molar-refractivity contribution is 5.94. The van der Waals surface area contributed by atoms with Gasteiger partial charge in [0, 0.05) is 18.0 Å². The fourth-order valence-electron chi connectivity index (χ4n) is 3.09. The van der Waals surface area contributed by atoms with Gasteiger partial charge < -0.3 is 19.9 Å². The fourth-order valence-corrected chi connectivity index (χ4v) is 3.09. The van der Waals surface area contributed by atoms with E-state index in [2.05, 4.69) is 15.0 Å². The largest absolute Gasteiger partial charge is 0.491 e. The lowest BCUT2D eigenvalue weighted by molar-refractivity contribution is -0.0661. The Morgan fingerprint density at radius 2 is 2.00 bits per heavy atom. The molecule has 3 aromatic heterocycles. The highest BCUT2D eigenvalue weighted by Crippen LogP contribution is 2.30. The number of benzene rings is 1. The van der Waals surface area contributed by atoms with Gasteiger partial charge in [-0.15, -0.1) is 0 Å². The van der Waals surface area contributed by atoms with Crippen LogP contribution in [-0.4, -0.2) is 48.0 Å². The molecule has 0 spiro atoms. The van der Waals surface area contributed by atoms with Gasteiger partial charge in [0.1, 0.15) is 18.5 Å². The monoisotopic (exact) mass is 406 g/mol. The molecule has 3 heterocycles. The number of H-pyrrole nitrogens is 1. The second kappa shape index (κ2) is 7.74. The Balaban J connectivity index is 1.69. The average molecular weight is 406 g/mol.